The van der Waals surface area contributed by atoms with Crippen LogP contribution in [0.25, 0.3) is 6.08 Å². The first-order valence-corrected chi connectivity index (χ1v) is 6.23. The van der Waals surface area contributed by atoms with Gasteiger partial charge in [0.05, 0.1) is 17.1 Å². The van der Waals surface area contributed by atoms with Gasteiger partial charge in [-0.3, -0.25) is 10.1 Å². The Balaban J connectivity index is 2.78. The molecule has 0 atom stereocenters. The largest absolute Gasteiger partial charge is 0.383 e. The van der Waals surface area contributed by atoms with Gasteiger partial charge in [0.25, 0.3) is 5.69 Å². The van der Waals surface area contributed by atoms with E-state index < -0.39 is 4.92 Å². The fraction of sp³-hybridized carbons (Fsp3) is 0.385. The van der Waals surface area contributed by atoms with Gasteiger partial charge in [0.2, 0.25) is 0 Å². The predicted octanol–water partition coefficient (Wildman–Crippen LogP) is 2.89. The number of methoxy groups -OCH3 is 1. The van der Waals surface area contributed by atoms with Gasteiger partial charge < -0.3 is 10.1 Å². The first kappa shape index (κ1) is 15.6. The van der Waals surface area contributed by atoms with Crippen LogP contribution in [0.3, 0.4) is 0 Å². The zero-order valence-electron chi connectivity index (χ0n) is 11.0. The fourth-order valence-electron chi connectivity index (χ4n) is 1.58. The molecule has 5 nitrogen and oxygen atoms in total. The standard InChI is InChI=1S/C13H17ClN2O3/c1-10(9-15-5-6-19-2)7-11-8-12(14)3-4-13(11)16(17)18/h3-4,7-8,15H,5-6,9H2,1-2H3/b10-7+. The molecule has 19 heavy (non-hydrogen) atoms. The highest BCUT2D eigenvalue weighted by Crippen LogP contribution is 2.24. The minimum absolute atomic E-state index is 0.0561. The summed E-state index contributed by atoms with van der Waals surface area (Å²) in [6.07, 6.45) is 1.77. The van der Waals surface area contributed by atoms with Gasteiger partial charge in [0, 0.05) is 31.3 Å². The lowest BCUT2D eigenvalue weighted by Gasteiger charge is -2.05. The molecule has 0 heterocycles. The van der Waals surface area contributed by atoms with E-state index in [0.29, 0.717) is 23.7 Å². The smallest absolute Gasteiger partial charge is 0.276 e. The number of nitro benzene ring substituents is 1. The number of hydrogen-bond acceptors (Lipinski definition) is 4. The summed E-state index contributed by atoms with van der Waals surface area (Å²) >= 11 is 5.87. The molecule has 0 aromatic heterocycles. The average Bonchev–Trinajstić information content (AvgIpc) is 2.34. The van der Waals surface area contributed by atoms with Crippen molar-refractivity contribution in [3.05, 3.63) is 44.5 Å². The molecule has 0 saturated heterocycles. The van der Waals surface area contributed by atoms with E-state index >= 15 is 0 Å². The molecule has 1 rings (SSSR count). The Morgan fingerprint density at radius 1 is 1.58 bits per heavy atom. The number of benzene rings is 1. The Bertz CT molecular complexity index is 475. The highest BCUT2D eigenvalue weighted by molar-refractivity contribution is 6.30. The van der Waals surface area contributed by atoms with Gasteiger partial charge in [0.1, 0.15) is 0 Å². The zero-order valence-corrected chi connectivity index (χ0v) is 11.7. The summed E-state index contributed by atoms with van der Waals surface area (Å²) in [5.41, 5.74) is 1.56. The molecular formula is C13H17ClN2O3. The summed E-state index contributed by atoms with van der Waals surface area (Å²) in [7, 11) is 1.64. The third kappa shape index (κ3) is 5.38. The van der Waals surface area contributed by atoms with E-state index in [2.05, 4.69) is 5.32 Å². The van der Waals surface area contributed by atoms with Crippen molar-refractivity contribution in [2.24, 2.45) is 0 Å². The van der Waals surface area contributed by atoms with Gasteiger partial charge >= 0.3 is 0 Å². The molecule has 0 aliphatic carbocycles. The van der Waals surface area contributed by atoms with Gasteiger partial charge in [-0.25, -0.2) is 0 Å². The summed E-state index contributed by atoms with van der Waals surface area (Å²) in [6, 6.07) is 4.53. The van der Waals surface area contributed by atoms with Crippen LogP contribution in [0.15, 0.2) is 23.8 Å². The van der Waals surface area contributed by atoms with E-state index in [-0.39, 0.29) is 5.69 Å². The molecule has 0 aliphatic rings. The Morgan fingerprint density at radius 2 is 2.32 bits per heavy atom. The first-order chi connectivity index (χ1) is 9.04. The molecule has 0 amide bonds. The van der Waals surface area contributed by atoms with Crippen molar-refractivity contribution >= 4 is 23.4 Å². The molecule has 0 radical (unpaired) electrons. The van der Waals surface area contributed by atoms with Crippen molar-refractivity contribution in [1.82, 2.24) is 5.32 Å². The lowest BCUT2D eigenvalue weighted by Crippen LogP contribution is -2.20. The monoisotopic (exact) mass is 284 g/mol. The van der Waals surface area contributed by atoms with Crippen LogP contribution in [0.1, 0.15) is 12.5 Å². The van der Waals surface area contributed by atoms with Crippen LogP contribution in [0, 0.1) is 10.1 Å². The van der Waals surface area contributed by atoms with Crippen LogP contribution in [0.4, 0.5) is 5.69 Å². The second-order valence-corrected chi connectivity index (χ2v) is 4.56. The maximum Gasteiger partial charge on any atom is 0.276 e. The molecule has 6 heteroatoms. The van der Waals surface area contributed by atoms with E-state index in [1.807, 2.05) is 6.92 Å². The zero-order chi connectivity index (χ0) is 14.3. The molecule has 1 aromatic rings. The molecule has 0 aliphatic heterocycles. The van der Waals surface area contributed by atoms with Crippen molar-refractivity contribution in [3.8, 4) is 0 Å². The number of nitro groups is 1. The van der Waals surface area contributed by atoms with E-state index in [4.69, 9.17) is 16.3 Å². The summed E-state index contributed by atoms with van der Waals surface area (Å²) in [6.45, 7) is 3.92. The second kappa shape index (κ2) is 7.89. The van der Waals surface area contributed by atoms with Gasteiger partial charge in [-0.05, 0) is 25.1 Å². The lowest BCUT2D eigenvalue weighted by molar-refractivity contribution is -0.385. The number of halogens is 1. The Labute approximate surface area is 117 Å². The summed E-state index contributed by atoms with van der Waals surface area (Å²) in [5, 5.41) is 14.6. The normalized spacial score (nSPS) is 11.6. The fourth-order valence-corrected chi connectivity index (χ4v) is 1.76. The van der Waals surface area contributed by atoms with Gasteiger partial charge in [-0.2, -0.15) is 0 Å². The minimum atomic E-state index is -0.409. The van der Waals surface area contributed by atoms with E-state index in [1.54, 1.807) is 19.3 Å². The van der Waals surface area contributed by atoms with E-state index in [1.165, 1.54) is 12.1 Å². The van der Waals surface area contributed by atoms with Gasteiger partial charge in [-0.15, -0.1) is 0 Å². The average molecular weight is 285 g/mol. The van der Waals surface area contributed by atoms with Crippen molar-refractivity contribution in [2.45, 2.75) is 6.92 Å². The van der Waals surface area contributed by atoms with Crippen LogP contribution in [-0.4, -0.2) is 31.7 Å². The summed E-state index contributed by atoms with van der Waals surface area (Å²) in [5.74, 6) is 0. The molecule has 0 unspecified atom stereocenters. The highest BCUT2D eigenvalue weighted by atomic mass is 35.5. The van der Waals surface area contributed by atoms with Crippen molar-refractivity contribution in [3.63, 3.8) is 0 Å². The number of nitrogens with one attached hydrogen (secondary N) is 1. The van der Waals surface area contributed by atoms with Crippen LogP contribution < -0.4 is 5.32 Å². The van der Waals surface area contributed by atoms with E-state index in [0.717, 1.165) is 12.1 Å². The van der Waals surface area contributed by atoms with Crippen LogP contribution >= 0.6 is 11.6 Å². The molecule has 0 bridgehead atoms. The molecule has 1 aromatic carbocycles. The third-order valence-electron chi connectivity index (χ3n) is 2.47. The van der Waals surface area contributed by atoms with Gasteiger partial charge in [0.15, 0.2) is 0 Å². The maximum absolute atomic E-state index is 10.9. The molecule has 0 saturated carbocycles. The number of rotatable bonds is 7. The second-order valence-electron chi connectivity index (χ2n) is 4.12. The first-order valence-electron chi connectivity index (χ1n) is 5.85. The van der Waals surface area contributed by atoms with Crippen LogP contribution in [0.5, 0.6) is 0 Å². The Kier molecular flexibility index (Phi) is 6.49. The molecule has 104 valence electrons. The topological polar surface area (TPSA) is 64.4 Å². The van der Waals surface area contributed by atoms with Crippen molar-refractivity contribution in [2.75, 3.05) is 26.8 Å². The van der Waals surface area contributed by atoms with Crippen molar-refractivity contribution in [1.29, 1.82) is 0 Å². The number of nitrogens with zero attached hydrogens (tertiary/aromatic N) is 1. The predicted molar refractivity (Wildman–Crippen MR) is 76.5 cm³/mol. The SMILES string of the molecule is COCCNC/C(C)=C/c1cc(Cl)ccc1[N+](=O)[O-]. The van der Waals surface area contributed by atoms with Crippen LogP contribution in [-0.2, 0) is 4.74 Å². The summed E-state index contributed by atoms with van der Waals surface area (Å²) < 4.78 is 4.92. The van der Waals surface area contributed by atoms with Gasteiger partial charge in [-0.1, -0.05) is 17.2 Å². The molecular weight excluding hydrogens is 268 g/mol. The Morgan fingerprint density at radius 3 is 2.95 bits per heavy atom. The van der Waals surface area contributed by atoms with E-state index in [9.17, 15) is 10.1 Å². The Hall–Kier alpha value is -1.43. The summed E-state index contributed by atoms with van der Waals surface area (Å²) in [4.78, 5) is 10.5. The molecule has 0 spiro atoms. The maximum atomic E-state index is 10.9. The quantitative estimate of drug-likeness (QED) is 0.475. The third-order valence-corrected chi connectivity index (χ3v) is 2.71. The molecule has 1 N–H and O–H groups in total. The lowest BCUT2D eigenvalue weighted by atomic mass is 10.1. The number of ether oxygens (including phenoxy) is 1. The number of hydrogen-bond donors (Lipinski definition) is 1. The minimum Gasteiger partial charge on any atom is -0.383 e. The van der Waals surface area contributed by atoms with Crippen molar-refractivity contribution < 1.29 is 9.66 Å². The van der Waals surface area contributed by atoms with Crippen LogP contribution in [0.2, 0.25) is 5.02 Å². The highest BCUT2D eigenvalue weighted by Gasteiger charge is 2.11. The molecule has 0 fully saturated rings.